The average Bonchev–Trinajstić information content (AvgIpc) is 2.94. The summed E-state index contributed by atoms with van der Waals surface area (Å²) in [5.41, 5.74) is 12.2. The number of hydrogen-bond donors (Lipinski definition) is 3. The van der Waals surface area contributed by atoms with Gasteiger partial charge in [-0.3, -0.25) is 4.79 Å². The predicted molar refractivity (Wildman–Crippen MR) is 103 cm³/mol. The van der Waals surface area contributed by atoms with Crippen LogP contribution in [0.1, 0.15) is 11.9 Å². The van der Waals surface area contributed by atoms with Gasteiger partial charge in [0.1, 0.15) is 11.6 Å². The quantitative estimate of drug-likeness (QED) is 0.446. The number of benzene rings is 1. The molecule has 0 aliphatic rings. The molecule has 130 valence electrons. The first-order valence-corrected chi connectivity index (χ1v) is 9.46. The topological polar surface area (TPSA) is 120 Å². The molecule has 1 amide bonds. The van der Waals surface area contributed by atoms with Crippen molar-refractivity contribution in [1.82, 2.24) is 20.3 Å². The molecule has 0 radical (unpaired) electrons. The van der Waals surface area contributed by atoms with Gasteiger partial charge in [-0.25, -0.2) is 15.0 Å². The minimum atomic E-state index is -0.0943. The van der Waals surface area contributed by atoms with E-state index < -0.39 is 0 Å². The molecule has 3 aromatic rings. The van der Waals surface area contributed by atoms with Gasteiger partial charge < -0.3 is 16.8 Å². The second-order valence-electron chi connectivity index (χ2n) is 5.54. The minimum Gasteiger partial charge on any atom is -0.383 e. The Kier molecular flexibility index (Phi) is 5.34. The highest BCUT2D eigenvalue weighted by atomic mass is 32.2. The number of anilines is 2. The molecular weight excluding hydrogens is 356 g/mol. The number of nitrogens with two attached hydrogens (primary N) is 2. The van der Waals surface area contributed by atoms with Gasteiger partial charge in [0.25, 0.3) is 0 Å². The van der Waals surface area contributed by atoms with Crippen molar-refractivity contribution in [2.24, 2.45) is 0 Å². The lowest BCUT2D eigenvalue weighted by atomic mass is 10.2. The zero-order chi connectivity index (χ0) is 17.8. The Bertz CT molecular complexity index is 844. The van der Waals surface area contributed by atoms with Crippen LogP contribution in [-0.2, 0) is 11.2 Å². The van der Waals surface area contributed by atoms with E-state index in [0.29, 0.717) is 23.2 Å². The van der Waals surface area contributed by atoms with Crippen LogP contribution in [-0.4, -0.2) is 32.7 Å². The van der Waals surface area contributed by atoms with Crippen molar-refractivity contribution >= 4 is 50.9 Å². The Labute approximate surface area is 153 Å². The summed E-state index contributed by atoms with van der Waals surface area (Å²) < 4.78 is 1.16. The third-order valence-electron chi connectivity index (χ3n) is 3.30. The van der Waals surface area contributed by atoms with Crippen molar-refractivity contribution in [3.63, 3.8) is 0 Å². The van der Waals surface area contributed by atoms with E-state index in [9.17, 15) is 4.79 Å². The highest BCUT2D eigenvalue weighted by molar-refractivity contribution is 7.99. The summed E-state index contributed by atoms with van der Waals surface area (Å²) in [7, 11) is 0. The fraction of sp³-hybridized carbons (Fsp3) is 0.250. The summed E-state index contributed by atoms with van der Waals surface area (Å²) in [6.45, 7) is 1.96. The molecule has 25 heavy (non-hydrogen) atoms. The van der Waals surface area contributed by atoms with Crippen LogP contribution in [0.15, 0.2) is 35.5 Å². The number of nitrogens with zero attached hydrogens (tertiary/aromatic N) is 3. The van der Waals surface area contributed by atoms with E-state index >= 15 is 0 Å². The van der Waals surface area contributed by atoms with Crippen molar-refractivity contribution in [1.29, 1.82) is 0 Å². The van der Waals surface area contributed by atoms with Crippen LogP contribution < -0.4 is 16.8 Å². The number of amides is 1. The van der Waals surface area contributed by atoms with E-state index in [2.05, 4.69) is 20.3 Å². The highest BCUT2D eigenvalue weighted by Gasteiger charge is 2.12. The molecule has 2 heterocycles. The number of para-hydroxylation sites is 1. The summed E-state index contributed by atoms with van der Waals surface area (Å²) in [6, 6.07) is 9.47. The third kappa shape index (κ3) is 4.80. The maximum absolute atomic E-state index is 12.1. The fourth-order valence-electron chi connectivity index (χ4n) is 2.29. The van der Waals surface area contributed by atoms with Crippen molar-refractivity contribution in [2.75, 3.05) is 17.2 Å². The molecule has 0 spiro atoms. The van der Waals surface area contributed by atoms with E-state index in [1.54, 1.807) is 11.3 Å². The standard InChI is InChI=1S/C16H18N6OS2/c1-9(6-15-20-10-4-2-3-5-11(10)25-15)19-14(23)8-24-16-21-12(17)7-13(18)22-16/h2-5,7,9H,6,8H2,1H3,(H,19,23)(H4,17,18,21,22). The molecule has 3 rings (SSSR count). The van der Waals surface area contributed by atoms with Crippen molar-refractivity contribution in [3.05, 3.63) is 35.3 Å². The van der Waals surface area contributed by atoms with Crippen molar-refractivity contribution < 1.29 is 4.79 Å². The van der Waals surface area contributed by atoms with Gasteiger partial charge in [0, 0.05) is 18.5 Å². The number of hydrogen-bond acceptors (Lipinski definition) is 8. The molecule has 0 aliphatic heterocycles. The van der Waals surface area contributed by atoms with Crippen LogP contribution in [0.25, 0.3) is 10.2 Å². The van der Waals surface area contributed by atoms with Gasteiger partial charge in [0.05, 0.1) is 21.0 Å². The van der Waals surface area contributed by atoms with Crippen molar-refractivity contribution in [3.8, 4) is 0 Å². The molecule has 0 saturated heterocycles. The fourth-order valence-corrected chi connectivity index (χ4v) is 4.07. The molecule has 2 aromatic heterocycles. The van der Waals surface area contributed by atoms with Crippen LogP contribution in [0.5, 0.6) is 0 Å². The number of nitrogens with one attached hydrogen (secondary N) is 1. The van der Waals surface area contributed by atoms with Crippen LogP contribution >= 0.6 is 23.1 Å². The molecule has 7 nitrogen and oxygen atoms in total. The average molecular weight is 374 g/mol. The molecule has 1 aromatic carbocycles. The van der Waals surface area contributed by atoms with E-state index in [0.717, 1.165) is 15.2 Å². The molecule has 0 bridgehead atoms. The number of carbonyl (C=O) groups is 1. The normalized spacial score (nSPS) is 12.2. The number of fused-ring (bicyclic) bond motifs is 1. The van der Waals surface area contributed by atoms with Gasteiger partial charge >= 0.3 is 0 Å². The maximum Gasteiger partial charge on any atom is 0.230 e. The van der Waals surface area contributed by atoms with Gasteiger partial charge in [0.2, 0.25) is 5.91 Å². The number of rotatable bonds is 6. The lowest BCUT2D eigenvalue weighted by molar-refractivity contribution is -0.119. The lowest BCUT2D eigenvalue weighted by Gasteiger charge is -2.12. The van der Waals surface area contributed by atoms with Gasteiger partial charge in [-0.05, 0) is 19.1 Å². The number of nitrogen functional groups attached to an aromatic ring is 2. The summed E-state index contributed by atoms with van der Waals surface area (Å²) in [6.07, 6.45) is 0.692. The van der Waals surface area contributed by atoms with Gasteiger partial charge in [-0.15, -0.1) is 11.3 Å². The second-order valence-corrected chi connectivity index (χ2v) is 7.59. The zero-order valence-electron chi connectivity index (χ0n) is 13.6. The number of aromatic nitrogens is 3. The summed E-state index contributed by atoms with van der Waals surface area (Å²) in [5.74, 6) is 0.690. The van der Waals surface area contributed by atoms with E-state index in [4.69, 9.17) is 11.5 Å². The van der Waals surface area contributed by atoms with Crippen molar-refractivity contribution in [2.45, 2.75) is 24.5 Å². The van der Waals surface area contributed by atoms with Gasteiger partial charge in [-0.2, -0.15) is 0 Å². The van der Waals surface area contributed by atoms with E-state index in [1.165, 1.54) is 17.8 Å². The first-order chi connectivity index (χ1) is 12.0. The maximum atomic E-state index is 12.1. The Hall–Kier alpha value is -2.39. The number of carbonyl (C=O) groups excluding carboxylic acids is 1. The summed E-state index contributed by atoms with van der Waals surface area (Å²) in [5, 5.41) is 4.36. The monoisotopic (exact) mass is 374 g/mol. The molecule has 9 heteroatoms. The Morgan fingerprint density at radius 1 is 1.24 bits per heavy atom. The van der Waals surface area contributed by atoms with Crippen LogP contribution in [0.3, 0.4) is 0 Å². The Balaban J connectivity index is 1.51. The lowest BCUT2D eigenvalue weighted by Crippen LogP contribution is -2.35. The summed E-state index contributed by atoms with van der Waals surface area (Å²) in [4.78, 5) is 24.8. The molecule has 5 N–H and O–H groups in total. The van der Waals surface area contributed by atoms with E-state index in [-0.39, 0.29) is 17.7 Å². The van der Waals surface area contributed by atoms with Crippen LogP contribution in [0.4, 0.5) is 11.6 Å². The SMILES string of the molecule is CC(Cc1nc2ccccc2s1)NC(=O)CSc1nc(N)cc(N)n1. The molecule has 1 atom stereocenters. The van der Waals surface area contributed by atoms with Crippen LogP contribution in [0.2, 0.25) is 0 Å². The molecular formula is C16H18N6OS2. The Morgan fingerprint density at radius 3 is 2.68 bits per heavy atom. The summed E-state index contributed by atoms with van der Waals surface area (Å²) >= 11 is 2.85. The Morgan fingerprint density at radius 2 is 1.96 bits per heavy atom. The largest absolute Gasteiger partial charge is 0.383 e. The van der Waals surface area contributed by atoms with E-state index in [1.807, 2.05) is 31.2 Å². The predicted octanol–water partition coefficient (Wildman–Crippen LogP) is 2.09. The third-order valence-corrected chi connectivity index (χ3v) is 5.21. The zero-order valence-corrected chi connectivity index (χ0v) is 15.2. The molecule has 1 unspecified atom stereocenters. The minimum absolute atomic E-state index is 0.0134. The number of thiazole rings is 1. The van der Waals surface area contributed by atoms with Crippen LogP contribution in [0, 0.1) is 0 Å². The first-order valence-electron chi connectivity index (χ1n) is 7.66. The highest BCUT2D eigenvalue weighted by Crippen LogP contribution is 2.22. The van der Waals surface area contributed by atoms with Gasteiger partial charge in [0.15, 0.2) is 5.16 Å². The smallest absolute Gasteiger partial charge is 0.230 e. The molecule has 0 aliphatic carbocycles. The number of thioether (sulfide) groups is 1. The van der Waals surface area contributed by atoms with Gasteiger partial charge in [-0.1, -0.05) is 23.9 Å². The second kappa shape index (κ2) is 7.66. The molecule has 0 fully saturated rings. The first kappa shape index (κ1) is 17.4. The molecule has 0 saturated carbocycles.